The molecule has 0 radical (unpaired) electrons. The summed E-state index contributed by atoms with van der Waals surface area (Å²) in [5.74, 6) is -0.729. The van der Waals surface area contributed by atoms with Gasteiger partial charge in [0.25, 0.3) is 5.91 Å². The maximum Gasteiger partial charge on any atom is 0.357 e. The Labute approximate surface area is 129 Å². The molecule has 0 spiro atoms. The fourth-order valence-corrected chi connectivity index (χ4v) is 2.13. The van der Waals surface area contributed by atoms with Gasteiger partial charge in [-0.3, -0.25) is 9.78 Å². The van der Waals surface area contributed by atoms with Crippen LogP contribution in [0.3, 0.4) is 0 Å². The SMILES string of the molecule is CCCn1ccc(NC(=O)c2ccncc2)c1C(=O)OCC. The molecule has 0 saturated carbocycles. The number of anilines is 1. The molecule has 0 fully saturated rings. The molecule has 0 aliphatic rings. The summed E-state index contributed by atoms with van der Waals surface area (Å²) in [5, 5.41) is 2.76. The van der Waals surface area contributed by atoms with E-state index < -0.39 is 5.97 Å². The first-order valence-electron chi connectivity index (χ1n) is 7.25. The van der Waals surface area contributed by atoms with Crippen LogP contribution in [0, 0.1) is 0 Å². The molecule has 0 atom stereocenters. The zero-order valence-corrected chi connectivity index (χ0v) is 12.7. The molecule has 2 aromatic rings. The first-order valence-corrected chi connectivity index (χ1v) is 7.25. The Morgan fingerprint density at radius 3 is 2.59 bits per heavy atom. The van der Waals surface area contributed by atoms with Crippen LogP contribution in [0.4, 0.5) is 5.69 Å². The Balaban J connectivity index is 2.27. The van der Waals surface area contributed by atoms with Crippen molar-refractivity contribution >= 4 is 17.6 Å². The number of amides is 1. The molecule has 1 N–H and O–H groups in total. The minimum atomic E-state index is -0.439. The third-order valence-electron chi connectivity index (χ3n) is 3.09. The van der Waals surface area contributed by atoms with Gasteiger partial charge in [-0.05, 0) is 31.5 Å². The van der Waals surface area contributed by atoms with Crippen molar-refractivity contribution in [2.24, 2.45) is 0 Å². The van der Waals surface area contributed by atoms with Crippen LogP contribution in [0.5, 0.6) is 0 Å². The number of carbonyl (C=O) groups excluding carboxylic acids is 2. The van der Waals surface area contributed by atoms with E-state index in [2.05, 4.69) is 10.3 Å². The van der Waals surface area contributed by atoms with Gasteiger partial charge in [-0.25, -0.2) is 4.79 Å². The Bertz CT molecular complexity index is 650. The standard InChI is InChI=1S/C16H19N3O3/c1-3-10-19-11-7-13(14(19)16(21)22-4-2)18-15(20)12-5-8-17-9-6-12/h5-9,11H,3-4,10H2,1-2H3,(H,18,20). The number of nitrogens with one attached hydrogen (secondary N) is 1. The number of pyridine rings is 1. The molecule has 0 bridgehead atoms. The quantitative estimate of drug-likeness (QED) is 0.833. The number of aromatic nitrogens is 2. The van der Waals surface area contributed by atoms with Crippen molar-refractivity contribution in [3.63, 3.8) is 0 Å². The number of hydrogen-bond donors (Lipinski definition) is 1. The van der Waals surface area contributed by atoms with E-state index in [0.717, 1.165) is 6.42 Å². The lowest BCUT2D eigenvalue weighted by molar-refractivity contribution is 0.0515. The van der Waals surface area contributed by atoms with E-state index in [4.69, 9.17) is 4.74 Å². The Hall–Kier alpha value is -2.63. The molecule has 2 aromatic heterocycles. The molecule has 116 valence electrons. The maximum absolute atomic E-state index is 12.2. The lowest BCUT2D eigenvalue weighted by atomic mass is 10.2. The zero-order chi connectivity index (χ0) is 15.9. The van der Waals surface area contributed by atoms with Gasteiger partial charge in [-0.15, -0.1) is 0 Å². The average molecular weight is 301 g/mol. The van der Waals surface area contributed by atoms with E-state index in [0.29, 0.717) is 23.5 Å². The number of esters is 1. The van der Waals surface area contributed by atoms with Crippen molar-refractivity contribution in [2.45, 2.75) is 26.8 Å². The van der Waals surface area contributed by atoms with E-state index in [9.17, 15) is 9.59 Å². The first-order chi connectivity index (χ1) is 10.7. The monoisotopic (exact) mass is 301 g/mol. The molecule has 6 nitrogen and oxygen atoms in total. The van der Waals surface area contributed by atoms with E-state index in [1.165, 1.54) is 0 Å². The fourth-order valence-electron chi connectivity index (χ4n) is 2.13. The summed E-state index contributed by atoms with van der Waals surface area (Å²) in [7, 11) is 0. The summed E-state index contributed by atoms with van der Waals surface area (Å²) in [5.41, 5.74) is 1.30. The highest BCUT2D eigenvalue weighted by molar-refractivity contribution is 6.07. The van der Waals surface area contributed by atoms with Gasteiger partial charge >= 0.3 is 5.97 Å². The highest BCUT2D eigenvalue weighted by atomic mass is 16.5. The molecule has 0 aliphatic heterocycles. The van der Waals surface area contributed by atoms with Crippen LogP contribution in [0.1, 0.15) is 41.1 Å². The third-order valence-corrected chi connectivity index (χ3v) is 3.09. The summed E-state index contributed by atoms with van der Waals surface area (Å²) in [4.78, 5) is 28.2. The smallest absolute Gasteiger partial charge is 0.357 e. The fraction of sp³-hybridized carbons (Fsp3) is 0.312. The summed E-state index contributed by atoms with van der Waals surface area (Å²) >= 11 is 0. The van der Waals surface area contributed by atoms with Crippen molar-refractivity contribution < 1.29 is 14.3 Å². The second kappa shape index (κ2) is 7.40. The van der Waals surface area contributed by atoms with Crippen LogP contribution in [-0.4, -0.2) is 28.0 Å². The summed E-state index contributed by atoms with van der Waals surface area (Å²) < 4.78 is 6.87. The second-order valence-corrected chi connectivity index (χ2v) is 4.68. The zero-order valence-electron chi connectivity index (χ0n) is 12.7. The van der Waals surface area contributed by atoms with Crippen molar-refractivity contribution in [1.82, 2.24) is 9.55 Å². The highest BCUT2D eigenvalue weighted by Gasteiger charge is 2.20. The first kappa shape index (κ1) is 15.8. The Morgan fingerprint density at radius 2 is 1.95 bits per heavy atom. The molecule has 22 heavy (non-hydrogen) atoms. The van der Waals surface area contributed by atoms with Gasteiger partial charge < -0.3 is 14.6 Å². The molecule has 0 saturated heterocycles. The van der Waals surface area contributed by atoms with Gasteiger partial charge in [0.2, 0.25) is 0 Å². The van der Waals surface area contributed by atoms with Crippen LogP contribution >= 0.6 is 0 Å². The Kier molecular flexibility index (Phi) is 5.30. The lowest BCUT2D eigenvalue weighted by Crippen LogP contribution is -2.17. The van der Waals surface area contributed by atoms with Gasteiger partial charge in [0.15, 0.2) is 5.69 Å². The van der Waals surface area contributed by atoms with Crippen LogP contribution in [-0.2, 0) is 11.3 Å². The Morgan fingerprint density at radius 1 is 1.23 bits per heavy atom. The van der Waals surface area contributed by atoms with Crippen molar-refractivity contribution in [3.8, 4) is 0 Å². The van der Waals surface area contributed by atoms with Crippen LogP contribution in [0.2, 0.25) is 0 Å². The minimum absolute atomic E-state index is 0.286. The molecular weight excluding hydrogens is 282 g/mol. The van der Waals surface area contributed by atoms with Crippen LogP contribution in [0.25, 0.3) is 0 Å². The number of nitrogens with zero attached hydrogens (tertiary/aromatic N) is 2. The van der Waals surface area contributed by atoms with Crippen molar-refractivity contribution in [2.75, 3.05) is 11.9 Å². The highest BCUT2D eigenvalue weighted by Crippen LogP contribution is 2.20. The van der Waals surface area contributed by atoms with E-state index in [-0.39, 0.29) is 12.5 Å². The number of rotatable bonds is 6. The number of carbonyl (C=O) groups is 2. The third kappa shape index (κ3) is 3.52. The van der Waals surface area contributed by atoms with Crippen molar-refractivity contribution in [1.29, 1.82) is 0 Å². The number of ether oxygens (including phenoxy) is 1. The molecule has 2 rings (SSSR count). The molecule has 2 heterocycles. The predicted molar refractivity (Wildman–Crippen MR) is 82.9 cm³/mol. The van der Waals surface area contributed by atoms with Gasteiger partial charge in [0, 0.05) is 30.7 Å². The number of aryl methyl sites for hydroxylation is 1. The molecule has 6 heteroatoms. The topological polar surface area (TPSA) is 73.2 Å². The largest absolute Gasteiger partial charge is 0.461 e. The van der Waals surface area contributed by atoms with E-state index >= 15 is 0 Å². The summed E-state index contributed by atoms with van der Waals surface area (Å²) in [6, 6.07) is 4.94. The summed E-state index contributed by atoms with van der Waals surface area (Å²) in [6.07, 6.45) is 5.74. The van der Waals surface area contributed by atoms with Gasteiger partial charge in [-0.1, -0.05) is 6.92 Å². The normalized spacial score (nSPS) is 10.3. The second-order valence-electron chi connectivity index (χ2n) is 4.68. The van der Waals surface area contributed by atoms with E-state index in [1.807, 2.05) is 6.92 Å². The van der Waals surface area contributed by atoms with Gasteiger partial charge in [0.05, 0.1) is 12.3 Å². The molecule has 0 aromatic carbocycles. The van der Waals surface area contributed by atoms with Crippen LogP contribution in [0.15, 0.2) is 36.8 Å². The lowest BCUT2D eigenvalue weighted by Gasteiger charge is -2.10. The van der Waals surface area contributed by atoms with E-state index in [1.54, 1.807) is 48.3 Å². The molecule has 1 amide bonds. The predicted octanol–water partition coefficient (Wildman–Crippen LogP) is 2.72. The summed E-state index contributed by atoms with van der Waals surface area (Å²) in [6.45, 7) is 4.73. The average Bonchev–Trinajstić information content (AvgIpc) is 2.91. The maximum atomic E-state index is 12.2. The minimum Gasteiger partial charge on any atom is -0.461 e. The molecule has 0 aliphatic carbocycles. The van der Waals surface area contributed by atoms with Gasteiger partial charge in [0.1, 0.15) is 0 Å². The van der Waals surface area contributed by atoms with Crippen molar-refractivity contribution in [3.05, 3.63) is 48.0 Å². The molecule has 0 unspecified atom stereocenters. The van der Waals surface area contributed by atoms with Crippen LogP contribution < -0.4 is 5.32 Å². The molecular formula is C16H19N3O3. The number of hydrogen-bond acceptors (Lipinski definition) is 4. The van der Waals surface area contributed by atoms with Gasteiger partial charge in [-0.2, -0.15) is 0 Å².